The van der Waals surface area contributed by atoms with Gasteiger partial charge in [-0.3, -0.25) is 4.98 Å². The first-order valence-corrected chi connectivity index (χ1v) is 9.53. The van der Waals surface area contributed by atoms with E-state index in [0.29, 0.717) is 0 Å². The van der Waals surface area contributed by atoms with Crippen molar-refractivity contribution in [2.45, 2.75) is 23.1 Å². The molecule has 0 amide bonds. The first-order chi connectivity index (χ1) is 13.1. The quantitative estimate of drug-likeness (QED) is 0.610. The van der Waals surface area contributed by atoms with Gasteiger partial charge < -0.3 is 9.84 Å². The van der Waals surface area contributed by atoms with Gasteiger partial charge >= 0.3 is 5.92 Å². The van der Waals surface area contributed by atoms with Crippen molar-refractivity contribution < 1.29 is 27.2 Å². The van der Waals surface area contributed by atoms with Crippen molar-refractivity contribution in [3.8, 4) is 17.7 Å². The molecule has 2 aromatic rings. The topological polar surface area (TPSA) is 99.9 Å². The zero-order valence-electron chi connectivity index (χ0n) is 14.1. The number of halogens is 3. The third kappa shape index (κ3) is 3.05. The van der Waals surface area contributed by atoms with Crippen LogP contribution in [-0.4, -0.2) is 26.5 Å². The first-order valence-electron chi connectivity index (χ1n) is 7.61. The standard InChI is InChI=1S/C17H11F3N4O3S/c1-22-9-5-10(7-23-6-9)27-11-3-4-12(28(2,26)24-8-21)14-13(11)15(18)17(19,20)16(14)25/h3-7,15-16,25H,2H3/t15-,16+,28?/m1/s1. The first kappa shape index (κ1) is 19.6. The number of aromatic nitrogens is 1. The molecule has 0 radical (unpaired) electrons. The van der Waals surface area contributed by atoms with Crippen LogP contribution < -0.4 is 4.74 Å². The summed E-state index contributed by atoms with van der Waals surface area (Å²) in [5.74, 6) is -4.58. The zero-order valence-corrected chi connectivity index (χ0v) is 15.0. The number of nitrogens with zero attached hydrogens (tertiary/aromatic N) is 4. The Morgan fingerprint density at radius 3 is 2.79 bits per heavy atom. The van der Waals surface area contributed by atoms with Crippen LogP contribution in [0.3, 0.4) is 0 Å². The van der Waals surface area contributed by atoms with E-state index in [1.54, 1.807) is 0 Å². The minimum Gasteiger partial charge on any atom is -0.457 e. The second-order valence-corrected chi connectivity index (χ2v) is 8.14. The normalized spacial score (nSPS) is 21.7. The summed E-state index contributed by atoms with van der Waals surface area (Å²) in [6.45, 7) is 6.96. The maximum atomic E-state index is 14.6. The summed E-state index contributed by atoms with van der Waals surface area (Å²) in [5, 5.41) is 18.7. The molecule has 0 spiro atoms. The lowest BCUT2D eigenvalue weighted by atomic mass is 10.1. The molecule has 3 atom stereocenters. The zero-order chi connectivity index (χ0) is 20.7. The van der Waals surface area contributed by atoms with Gasteiger partial charge in [0.2, 0.25) is 11.9 Å². The molecule has 1 aromatic heterocycles. The van der Waals surface area contributed by atoms with E-state index in [1.807, 2.05) is 0 Å². The summed E-state index contributed by atoms with van der Waals surface area (Å²) >= 11 is 0. The number of aliphatic hydroxyl groups is 1. The second kappa shape index (κ2) is 6.78. The molecule has 0 aliphatic heterocycles. The molecule has 1 aliphatic rings. The molecular formula is C17H11F3N4O3S. The summed E-state index contributed by atoms with van der Waals surface area (Å²) in [6, 6.07) is 3.45. The Bertz CT molecular complexity index is 1160. The van der Waals surface area contributed by atoms with Crippen LogP contribution in [0.15, 0.2) is 39.9 Å². The molecule has 1 aromatic carbocycles. The number of ether oxygens (including phenoxy) is 1. The number of rotatable bonds is 3. The van der Waals surface area contributed by atoms with E-state index in [9.17, 15) is 22.5 Å². The van der Waals surface area contributed by atoms with Crippen molar-refractivity contribution in [3.63, 3.8) is 0 Å². The molecule has 1 aliphatic carbocycles. The molecule has 1 N–H and O–H groups in total. The van der Waals surface area contributed by atoms with Crippen LogP contribution in [0.1, 0.15) is 23.4 Å². The average molecular weight is 408 g/mol. The number of alkyl halides is 3. The van der Waals surface area contributed by atoms with Gasteiger partial charge in [0, 0.05) is 23.6 Å². The largest absolute Gasteiger partial charge is 0.457 e. The highest BCUT2D eigenvalue weighted by molar-refractivity contribution is 7.93. The maximum Gasteiger partial charge on any atom is 0.312 e. The van der Waals surface area contributed by atoms with Gasteiger partial charge in [-0.25, -0.2) is 13.4 Å². The summed E-state index contributed by atoms with van der Waals surface area (Å²) in [7, 11) is -3.50. The smallest absolute Gasteiger partial charge is 0.312 e. The number of benzene rings is 1. The Labute approximate surface area is 158 Å². The molecule has 7 nitrogen and oxygen atoms in total. The predicted octanol–water partition coefficient (Wildman–Crippen LogP) is 4.06. The van der Waals surface area contributed by atoms with Crippen molar-refractivity contribution in [3.05, 3.63) is 53.1 Å². The molecule has 1 heterocycles. The average Bonchev–Trinajstić information content (AvgIpc) is 2.83. The van der Waals surface area contributed by atoms with Gasteiger partial charge in [0.25, 0.3) is 0 Å². The van der Waals surface area contributed by atoms with E-state index < -0.39 is 39.1 Å². The Hall–Kier alpha value is -3.15. The molecule has 1 unspecified atom stereocenters. The van der Waals surface area contributed by atoms with E-state index in [0.717, 1.165) is 18.4 Å². The molecule has 3 rings (SSSR count). The second-order valence-electron chi connectivity index (χ2n) is 5.92. The Balaban J connectivity index is 2.24. The SMILES string of the molecule is [C-]#[N+]c1cncc(Oc2ccc(S(C)(=O)=NC#N)c3c2[C@@H](F)C(F)(F)[C@H]3O)c1. The lowest BCUT2D eigenvalue weighted by Gasteiger charge is -2.16. The molecule has 0 bridgehead atoms. The van der Waals surface area contributed by atoms with Crippen molar-refractivity contribution in [2.75, 3.05) is 6.26 Å². The summed E-state index contributed by atoms with van der Waals surface area (Å²) in [6.07, 6.45) is -0.748. The van der Waals surface area contributed by atoms with Crippen molar-refractivity contribution in [1.29, 1.82) is 5.26 Å². The predicted molar refractivity (Wildman–Crippen MR) is 91.1 cm³/mol. The highest BCUT2D eigenvalue weighted by Gasteiger charge is 2.58. The Kier molecular flexibility index (Phi) is 4.75. The number of pyridine rings is 1. The van der Waals surface area contributed by atoms with Crippen LogP contribution in [0, 0.1) is 18.0 Å². The van der Waals surface area contributed by atoms with Crippen molar-refractivity contribution in [1.82, 2.24) is 4.98 Å². The van der Waals surface area contributed by atoms with Crippen LogP contribution in [0.25, 0.3) is 4.85 Å². The van der Waals surface area contributed by atoms with Crippen LogP contribution in [0.2, 0.25) is 0 Å². The number of hydrogen-bond donors (Lipinski definition) is 1. The maximum absolute atomic E-state index is 14.6. The van der Waals surface area contributed by atoms with Gasteiger partial charge in [-0.05, 0) is 18.2 Å². The van der Waals surface area contributed by atoms with E-state index in [-0.39, 0.29) is 22.1 Å². The van der Waals surface area contributed by atoms with Crippen LogP contribution in [-0.2, 0) is 9.73 Å². The van der Waals surface area contributed by atoms with Gasteiger partial charge in [-0.2, -0.15) is 14.0 Å². The lowest BCUT2D eigenvalue weighted by molar-refractivity contribution is -0.143. The molecule has 28 heavy (non-hydrogen) atoms. The van der Waals surface area contributed by atoms with Gasteiger partial charge in [-0.15, -0.1) is 4.36 Å². The third-order valence-corrected chi connectivity index (χ3v) is 5.72. The Morgan fingerprint density at radius 2 is 2.14 bits per heavy atom. The highest BCUT2D eigenvalue weighted by Crippen LogP contribution is 2.57. The van der Waals surface area contributed by atoms with E-state index >= 15 is 0 Å². The van der Waals surface area contributed by atoms with Gasteiger partial charge in [0.05, 0.1) is 27.4 Å². The van der Waals surface area contributed by atoms with Crippen molar-refractivity contribution in [2.24, 2.45) is 4.36 Å². The van der Waals surface area contributed by atoms with Crippen LogP contribution >= 0.6 is 0 Å². The number of fused-ring (bicyclic) bond motifs is 1. The summed E-state index contributed by atoms with van der Waals surface area (Å²) in [5.41, 5.74) is -1.21. The van der Waals surface area contributed by atoms with E-state index in [2.05, 4.69) is 14.2 Å². The Morgan fingerprint density at radius 1 is 1.43 bits per heavy atom. The van der Waals surface area contributed by atoms with Crippen LogP contribution in [0.4, 0.5) is 18.9 Å². The number of aliphatic hydroxyl groups excluding tert-OH is 1. The molecule has 0 saturated heterocycles. The van der Waals surface area contributed by atoms with Gasteiger partial charge in [0.1, 0.15) is 17.6 Å². The van der Waals surface area contributed by atoms with Gasteiger partial charge in [0.15, 0.2) is 6.17 Å². The summed E-state index contributed by atoms with van der Waals surface area (Å²) in [4.78, 5) is 6.54. The van der Waals surface area contributed by atoms with Crippen LogP contribution in [0.5, 0.6) is 11.5 Å². The lowest BCUT2D eigenvalue weighted by Crippen LogP contribution is -2.24. The van der Waals surface area contributed by atoms with E-state index in [1.165, 1.54) is 24.7 Å². The fraction of sp³-hybridized carbons (Fsp3) is 0.235. The third-order valence-electron chi connectivity index (χ3n) is 4.12. The monoisotopic (exact) mass is 408 g/mol. The van der Waals surface area contributed by atoms with Crippen molar-refractivity contribution >= 4 is 15.4 Å². The van der Waals surface area contributed by atoms with Gasteiger partial charge in [-0.1, -0.05) is 0 Å². The summed E-state index contributed by atoms with van der Waals surface area (Å²) < 4.78 is 64.2. The van der Waals surface area contributed by atoms with E-state index in [4.69, 9.17) is 16.6 Å². The highest BCUT2D eigenvalue weighted by atomic mass is 32.2. The molecule has 11 heteroatoms. The molecular weight excluding hydrogens is 397 g/mol. The minimum atomic E-state index is -4.20. The number of nitriles is 1. The molecule has 144 valence electrons. The fourth-order valence-corrected chi connectivity index (χ4v) is 4.07. The number of hydrogen-bond acceptors (Lipinski definition) is 6. The fourth-order valence-electron chi connectivity index (χ4n) is 2.86. The molecule has 0 fully saturated rings. The molecule has 0 saturated carbocycles. The minimum absolute atomic E-state index is 0.0145.